The van der Waals surface area contributed by atoms with Gasteiger partial charge in [0.15, 0.2) is 0 Å². The number of anilines is 1. The van der Waals surface area contributed by atoms with E-state index in [1.807, 2.05) is 7.05 Å². The van der Waals surface area contributed by atoms with E-state index in [0.29, 0.717) is 5.92 Å². The van der Waals surface area contributed by atoms with E-state index in [-0.39, 0.29) is 0 Å². The number of benzene rings is 2. The molecule has 0 aliphatic rings. The zero-order valence-corrected chi connectivity index (χ0v) is 13.6. The summed E-state index contributed by atoms with van der Waals surface area (Å²) in [7, 11) is 4.14. The second-order valence-electron chi connectivity index (χ2n) is 5.89. The van der Waals surface area contributed by atoms with Crippen molar-refractivity contribution < 1.29 is 0 Å². The Hall–Kier alpha value is -1.80. The van der Waals surface area contributed by atoms with Gasteiger partial charge in [-0.1, -0.05) is 48.9 Å². The molecule has 2 nitrogen and oxygen atoms in total. The topological polar surface area (TPSA) is 15.3 Å². The van der Waals surface area contributed by atoms with Crippen LogP contribution in [0.2, 0.25) is 0 Å². The minimum Gasteiger partial charge on any atom is -0.370 e. The van der Waals surface area contributed by atoms with Crippen molar-refractivity contribution in [3.8, 4) is 0 Å². The van der Waals surface area contributed by atoms with Gasteiger partial charge in [-0.3, -0.25) is 0 Å². The maximum atomic E-state index is 3.23. The molecule has 0 bridgehead atoms. The summed E-state index contributed by atoms with van der Waals surface area (Å²) in [6, 6.07) is 17.7. The Bertz CT molecular complexity index is 543. The third kappa shape index (κ3) is 4.33. The summed E-state index contributed by atoms with van der Waals surface area (Å²) in [6.07, 6.45) is 0. The average molecular weight is 282 g/mol. The lowest BCUT2D eigenvalue weighted by Gasteiger charge is -2.20. The molecule has 0 radical (unpaired) electrons. The van der Waals surface area contributed by atoms with E-state index in [4.69, 9.17) is 0 Å². The largest absolute Gasteiger partial charge is 0.370 e. The molecule has 21 heavy (non-hydrogen) atoms. The van der Waals surface area contributed by atoms with Crippen LogP contribution in [0.25, 0.3) is 0 Å². The molecule has 2 heteroatoms. The van der Waals surface area contributed by atoms with Crippen LogP contribution in [-0.4, -0.2) is 20.6 Å². The number of hydrogen-bond donors (Lipinski definition) is 1. The molecule has 112 valence electrons. The summed E-state index contributed by atoms with van der Waals surface area (Å²) >= 11 is 0. The highest BCUT2D eigenvalue weighted by molar-refractivity contribution is 5.47. The lowest BCUT2D eigenvalue weighted by Crippen LogP contribution is -2.17. The Labute approximate surface area is 128 Å². The molecule has 0 aromatic heterocycles. The summed E-state index contributed by atoms with van der Waals surface area (Å²) in [5.74, 6) is 0.555. The number of nitrogens with one attached hydrogen (secondary N) is 1. The minimum absolute atomic E-state index is 0.555. The maximum absolute atomic E-state index is 3.23. The smallest absolute Gasteiger partial charge is 0.0426 e. The summed E-state index contributed by atoms with van der Waals surface area (Å²) in [5.41, 5.74) is 5.30. The van der Waals surface area contributed by atoms with E-state index >= 15 is 0 Å². The van der Waals surface area contributed by atoms with Gasteiger partial charge in [0.2, 0.25) is 0 Å². The van der Waals surface area contributed by atoms with Gasteiger partial charge in [-0.2, -0.15) is 0 Å². The van der Waals surface area contributed by atoms with Gasteiger partial charge in [-0.05, 0) is 43.1 Å². The number of likely N-dealkylation sites (N-methyl/N-ethyl adjacent to an activating group) is 1. The molecule has 2 aromatic carbocycles. The van der Waals surface area contributed by atoms with Gasteiger partial charge in [0, 0.05) is 25.8 Å². The Morgan fingerprint density at radius 2 is 1.62 bits per heavy atom. The fourth-order valence-corrected chi connectivity index (χ4v) is 2.54. The van der Waals surface area contributed by atoms with Crippen LogP contribution in [0.1, 0.15) is 29.5 Å². The second-order valence-corrected chi connectivity index (χ2v) is 5.89. The fourth-order valence-electron chi connectivity index (χ4n) is 2.54. The summed E-state index contributed by atoms with van der Waals surface area (Å²) in [6.45, 7) is 6.32. The van der Waals surface area contributed by atoms with Crippen LogP contribution in [0.15, 0.2) is 48.5 Å². The predicted molar refractivity (Wildman–Crippen MR) is 92.1 cm³/mol. The van der Waals surface area contributed by atoms with Crippen molar-refractivity contribution in [3.63, 3.8) is 0 Å². The van der Waals surface area contributed by atoms with Crippen LogP contribution >= 0.6 is 0 Å². The fraction of sp³-hybridized carbons (Fsp3) is 0.368. The molecular formula is C19H26N2. The van der Waals surface area contributed by atoms with Crippen molar-refractivity contribution in [2.24, 2.45) is 0 Å². The quantitative estimate of drug-likeness (QED) is 0.863. The normalized spacial score (nSPS) is 12.2. The average Bonchev–Trinajstić information content (AvgIpc) is 2.49. The maximum Gasteiger partial charge on any atom is 0.0426 e. The number of rotatable bonds is 6. The van der Waals surface area contributed by atoms with Crippen LogP contribution < -0.4 is 10.2 Å². The van der Waals surface area contributed by atoms with Crippen molar-refractivity contribution in [3.05, 3.63) is 65.2 Å². The Morgan fingerprint density at radius 1 is 1.00 bits per heavy atom. The Morgan fingerprint density at radius 3 is 2.19 bits per heavy atom. The van der Waals surface area contributed by atoms with E-state index in [0.717, 1.165) is 13.1 Å². The van der Waals surface area contributed by atoms with E-state index in [1.54, 1.807) is 0 Å². The standard InChI is InChI=1S/C19H26N2/c1-15-5-11-19(12-6-15)21(4)14-17-7-9-18(10-8-17)16(2)13-20-3/h5-12,16,20H,13-14H2,1-4H3. The molecule has 2 aromatic rings. The van der Waals surface area contributed by atoms with Crippen molar-refractivity contribution in [1.82, 2.24) is 5.32 Å². The summed E-state index contributed by atoms with van der Waals surface area (Å²) in [4.78, 5) is 2.28. The van der Waals surface area contributed by atoms with Crippen molar-refractivity contribution >= 4 is 5.69 Å². The first-order valence-corrected chi connectivity index (χ1v) is 7.61. The third-order valence-corrected chi connectivity index (χ3v) is 3.95. The van der Waals surface area contributed by atoms with Gasteiger partial charge >= 0.3 is 0 Å². The molecule has 0 aliphatic carbocycles. The second kappa shape index (κ2) is 7.28. The highest BCUT2D eigenvalue weighted by Gasteiger charge is 2.05. The summed E-state index contributed by atoms with van der Waals surface area (Å²) < 4.78 is 0. The molecule has 0 saturated carbocycles. The van der Waals surface area contributed by atoms with Crippen molar-refractivity contribution in [2.45, 2.75) is 26.3 Å². The molecule has 1 atom stereocenters. The van der Waals surface area contributed by atoms with Crippen LogP contribution in [0, 0.1) is 6.92 Å². The highest BCUT2D eigenvalue weighted by atomic mass is 15.1. The third-order valence-electron chi connectivity index (χ3n) is 3.95. The summed E-state index contributed by atoms with van der Waals surface area (Å²) in [5, 5.41) is 3.23. The lowest BCUT2D eigenvalue weighted by atomic mass is 10.00. The Kier molecular flexibility index (Phi) is 5.40. The monoisotopic (exact) mass is 282 g/mol. The molecule has 0 fully saturated rings. The first-order valence-electron chi connectivity index (χ1n) is 7.61. The Balaban J connectivity index is 2.01. The molecule has 1 unspecified atom stereocenters. The van der Waals surface area contributed by atoms with Crippen LogP contribution in [0.5, 0.6) is 0 Å². The molecule has 0 heterocycles. The first-order chi connectivity index (χ1) is 10.1. The van der Waals surface area contributed by atoms with Gasteiger partial charge < -0.3 is 10.2 Å². The van der Waals surface area contributed by atoms with E-state index in [9.17, 15) is 0 Å². The zero-order chi connectivity index (χ0) is 15.2. The van der Waals surface area contributed by atoms with E-state index in [2.05, 4.69) is 79.6 Å². The van der Waals surface area contributed by atoms with E-state index in [1.165, 1.54) is 22.4 Å². The molecule has 1 N–H and O–H groups in total. The van der Waals surface area contributed by atoms with Gasteiger partial charge in [-0.25, -0.2) is 0 Å². The number of hydrogen-bond acceptors (Lipinski definition) is 2. The van der Waals surface area contributed by atoms with Crippen molar-refractivity contribution in [1.29, 1.82) is 0 Å². The van der Waals surface area contributed by atoms with Gasteiger partial charge in [0.1, 0.15) is 0 Å². The molecule has 0 amide bonds. The van der Waals surface area contributed by atoms with Crippen molar-refractivity contribution in [2.75, 3.05) is 25.5 Å². The molecule has 0 saturated heterocycles. The van der Waals surface area contributed by atoms with Gasteiger partial charge in [-0.15, -0.1) is 0 Å². The van der Waals surface area contributed by atoms with E-state index < -0.39 is 0 Å². The molecule has 0 aliphatic heterocycles. The molecular weight excluding hydrogens is 256 g/mol. The van der Waals surface area contributed by atoms with Crippen LogP contribution in [0.4, 0.5) is 5.69 Å². The van der Waals surface area contributed by atoms with Crippen LogP contribution in [-0.2, 0) is 6.54 Å². The zero-order valence-electron chi connectivity index (χ0n) is 13.6. The predicted octanol–water partition coefficient (Wildman–Crippen LogP) is 3.95. The first kappa shape index (κ1) is 15.6. The number of nitrogens with zero attached hydrogens (tertiary/aromatic N) is 1. The SMILES string of the molecule is CNCC(C)c1ccc(CN(C)c2ccc(C)cc2)cc1. The molecule has 0 spiro atoms. The number of aryl methyl sites for hydroxylation is 1. The van der Waals surface area contributed by atoms with Crippen LogP contribution in [0.3, 0.4) is 0 Å². The lowest BCUT2D eigenvalue weighted by molar-refractivity contribution is 0.677. The van der Waals surface area contributed by atoms with Gasteiger partial charge in [0.05, 0.1) is 0 Å². The van der Waals surface area contributed by atoms with Gasteiger partial charge in [0.25, 0.3) is 0 Å². The minimum atomic E-state index is 0.555. The molecule has 2 rings (SSSR count). The highest BCUT2D eigenvalue weighted by Crippen LogP contribution is 2.19.